The van der Waals surface area contributed by atoms with Crippen LogP contribution in [0.3, 0.4) is 0 Å². The monoisotopic (exact) mass is 395 g/mol. The maximum Gasteiger partial charge on any atom is 0.417 e. The predicted molar refractivity (Wildman–Crippen MR) is 90.0 cm³/mol. The van der Waals surface area contributed by atoms with Gasteiger partial charge in [0.25, 0.3) is 0 Å². The van der Waals surface area contributed by atoms with Crippen molar-refractivity contribution >= 4 is 46.4 Å². The van der Waals surface area contributed by atoms with Crippen molar-refractivity contribution in [1.29, 1.82) is 0 Å². The van der Waals surface area contributed by atoms with E-state index in [4.69, 9.17) is 34.8 Å². The van der Waals surface area contributed by atoms with E-state index in [1.165, 1.54) is 30.1 Å². The standard InChI is InChI=1S/C16H11Cl3F3NO/c1-23(10-3-5-13(18)14(19)8-10)15(24)7-9-2-4-12(17)11(6-9)16(20,21)22/h2-6,8H,7H2,1H3. The molecule has 0 unspecified atom stereocenters. The van der Waals surface area contributed by atoms with E-state index < -0.39 is 22.7 Å². The second-order valence-corrected chi connectivity index (χ2v) is 6.26. The van der Waals surface area contributed by atoms with Crippen LogP contribution in [0.5, 0.6) is 0 Å². The SMILES string of the molecule is CN(C(=O)Cc1ccc(Cl)c(C(F)(F)F)c1)c1ccc(Cl)c(Cl)c1. The predicted octanol–water partition coefficient (Wildman–Crippen LogP) is 5.87. The van der Waals surface area contributed by atoms with Crippen molar-refractivity contribution < 1.29 is 18.0 Å². The topological polar surface area (TPSA) is 20.3 Å². The zero-order valence-corrected chi connectivity index (χ0v) is 14.6. The lowest BCUT2D eigenvalue weighted by Crippen LogP contribution is -2.28. The Labute approximate surface area is 151 Å². The molecule has 0 saturated carbocycles. The Bertz CT molecular complexity index is 778. The van der Waals surface area contributed by atoms with E-state index in [2.05, 4.69) is 0 Å². The quantitative estimate of drug-likeness (QED) is 0.635. The first kappa shape index (κ1) is 18.9. The minimum Gasteiger partial charge on any atom is -0.315 e. The van der Waals surface area contributed by atoms with Gasteiger partial charge in [0, 0.05) is 12.7 Å². The molecule has 0 aliphatic heterocycles. The Morgan fingerprint density at radius 2 is 1.62 bits per heavy atom. The number of alkyl halides is 3. The molecule has 2 rings (SSSR count). The molecule has 0 N–H and O–H groups in total. The smallest absolute Gasteiger partial charge is 0.315 e. The van der Waals surface area contributed by atoms with Gasteiger partial charge in [-0.2, -0.15) is 13.2 Å². The zero-order valence-electron chi connectivity index (χ0n) is 12.3. The van der Waals surface area contributed by atoms with E-state index >= 15 is 0 Å². The van der Waals surface area contributed by atoms with Crippen LogP contribution in [0.2, 0.25) is 15.1 Å². The molecule has 0 aliphatic rings. The van der Waals surface area contributed by atoms with Gasteiger partial charge in [-0.3, -0.25) is 4.79 Å². The summed E-state index contributed by atoms with van der Waals surface area (Å²) < 4.78 is 38.6. The lowest BCUT2D eigenvalue weighted by atomic mass is 10.1. The van der Waals surface area contributed by atoms with E-state index in [1.807, 2.05) is 0 Å². The Hall–Kier alpha value is -1.43. The fourth-order valence-electron chi connectivity index (χ4n) is 2.03. The first-order chi connectivity index (χ1) is 11.1. The van der Waals surface area contributed by atoms with Gasteiger partial charge in [-0.1, -0.05) is 40.9 Å². The molecule has 8 heteroatoms. The zero-order chi connectivity index (χ0) is 18.1. The number of nitrogens with zero attached hydrogens (tertiary/aromatic N) is 1. The summed E-state index contributed by atoms with van der Waals surface area (Å²) >= 11 is 17.3. The molecular formula is C16H11Cl3F3NO. The normalized spacial score (nSPS) is 11.5. The van der Waals surface area contributed by atoms with Gasteiger partial charge in [-0.25, -0.2) is 0 Å². The maximum atomic E-state index is 12.9. The number of hydrogen-bond donors (Lipinski definition) is 0. The van der Waals surface area contributed by atoms with E-state index in [9.17, 15) is 18.0 Å². The largest absolute Gasteiger partial charge is 0.417 e. The van der Waals surface area contributed by atoms with Crippen molar-refractivity contribution in [2.45, 2.75) is 12.6 Å². The number of anilines is 1. The Balaban J connectivity index is 2.21. The first-order valence-electron chi connectivity index (χ1n) is 6.67. The third kappa shape index (κ3) is 4.35. The molecule has 2 nitrogen and oxygen atoms in total. The second kappa shape index (κ2) is 7.21. The highest BCUT2D eigenvalue weighted by Crippen LogP contribution is 2.35. The lowest BCUT2D eigenvalue weighted by Gasteiger charge is -2.18. The van der Waals surface area contributed by atoms with Crippen LogP contribution >= 0.6 is 34.8 Å². The summed E-state index contributed by atoms with van der Waals surface area (Å²) in [6.07, 6.45) is -4.79. The summed E-state index contributed by atoms with van der Waals surface area (Å²) in [5, 5.41) is 0.213. The number of likely N-dealkylation sites (N-methyl/N-ethyl adjacent to an activating group) is 1. The fourth-order valence-corrected chi connectivity index (χ4v) is 2.55. The number of rotatable bonds is 3. The minimum absolute atomic E-state index is 0.211. The third-order valence-electron chi connectivity index (χ3n) is 3.36. The average molecular weight is 397 g/mol. The first-order valence-corrected chi connectivity index (χ1v) is 7.80. The van der Waals surface area contributed by atoms with Gasteiger partial charge in [-0.05, 0) is 35.9 Å². The summed E-state index contributed by atoms with van der Waals surface area (Å²) in [5.41, 5.74) is -0.269. The van der Waals surface area contributed by atoms with Crippen LogP contribution in [0.15, 0.2) is 36.4 Å². The van der Waals surface area contributed by atoms with Gasteiger partial charge in [0.05, 0.1) is 27.1 Å². The van der Waals surface area contributed by atoms with Crippen LogP contribution in [0, 0.1) is 0 Å². The van der Waals surface area contributed by atoms with E-state index in [1.54, 1.807) is 6.07 Å². The van der Waals surface area contributed by atoms with E-state index in [0.717, 1.165) is 12.1 Å². The minimum atomic E-state index is -4.58. The molecule has 0 radical (unpaired) electrons. The summed E-state index contributed by atoms with van der Waals surface area (Å²) in [7, 11) is 1.50. The van der Waals surface area contributed by atoms with Crippen molar-refractivity contribution in [1.82, 2.24) is 0 Å². The molecule has 24 heavy (non-hydrogen) atoms. The Morgan fingerprint density at radius 1 is 1.00 bits per heavy atom. The van der Waals surface area contributed by atoms with E-state index in [-0.39, 0.29) is 17.0 Å². The van der Waals surface area contributed by atoms with Crippen molar-refractivity contribution in [2.24, 2.45) is 0 Å². The van der Waals surface area contributed by atoms with Crippen LogP contribution in [0.4, 0.5) is 18.9 Å². The lowest BCUT2D eigenvalue weighted by molar-refractivity contribution is -0.137. The molecule has 0 fully saturated rings. The third-order valence-corrected chi connectivity index (χ3v) is 4.42. The molecule has 1 amide bonds. The molecule has 0 heterocycles. The van der Waals surface area contributed by atoms with Crippen LogP contribution in [0.1, 0.15) is 11.1 Å². The van der Waals surface area contributed by atoms with Crippen molar-refractivity contribution in [3.63, 3.8) is 0 Å². The highest BCUT2D eigenvalue weighted by molar-refractivity contribution is 6.42. The number of halogens is 6. The van der Waals surface area contributed by atoms with Crippen molar-refractivity contribution in [3.8, 4) is 0 Å². The average Bonchev–Trinajstić information content (AvgIpc) is 2.50. The number of carbonyl (C=O) groups is 1. The molecule has 0 aliphatic carbocycles. The van der Waals surface area contributed by atoms with Crippen LogP contribution in [-0.4, -0.2) is 13.0 Å². The number of hydrogen-bond acceptors (Lipinski definition) is 1. The van der Waals surface area contributed by atoms with Crippen LogP contribution in [-0.2, 0) is 17.4 Å². The highest BCUT2D eigenvalue weighted by Gasteiger charge is 2.33. The second-order valence-electron chi connectivity index (χ2n) is 5.04. The van der Waals surface area contributed by atoms with Gasteiger partial charge in [0.1, 0.15) is 0 Å². The molecule has 0 spiro atoms. The summed E-state index contributed by atoms with van der Waals surface area (Å²) in [6.45, 7) is 0. The Morgan fingerprint density at radius 3 is 2.21 bits per heavy atom. The van der Waals surface area contributed by atoms with Gasteiger partial charge in [-0.15, -0.1) is 0 Å². The number of carbonyl (C=O) groups excluding carboxylic acids is 1. The fraction of sp³-hybridized carbons (Fsp3) is 0.188. The molecule has 0 bridgehead atoms. The van der Waals surface area contributed by atoms with Gasteiger partial charge >= 0.3 is 6.18 Å². The molecule has 2 aromatic rings. The maximum absolute atomic E-state index is 12.9. The van der Waals surface area contributed by atoms with Crippen molar-refractivity contribution in [2.75, 3.05) is 11.9 Å². The van der Waals surface area contributed by atoms with E-state index in [0.29, 0.717) is 10.7 Å². The number of benzene rings is 2. The Kier molecular flexibility index (Phi) is 5.68. The van der Waals surface area contributed by atoms with Crippen LogP contribution in [0.25, 0.3) is 0 Å². The van der Waals surface area contributed by atoms with Crippen LogP contribution < -0.4 is 4.90 Å². The molecular weight excluding hydrogens is 386 g/mol. The van der Waals surface area contributed by atoms with Gasteiger partial charge in [0.15, 0.2) is 0 Å². The highest BCUT2D eigenvalue weighted by atomic mass is 35.5. The molecule has 0 saturated heterocycles. The molecule has 2 aromatic carbocycles. The van der Waals surface area contributed by atoms with Gasteiger partial charge in [0.2, 0.25) is 5.91 Å². The summed E-state index contributed by atoms with van der Waals surface area (Å²) in [4.78, 5) is 13.6. The summed E-state index contributed by atoms with van der Waals surface area (Å²) in [5.74, 6) is -0.399. The molecule has 0 aromatic heterocycles. The number of amides is 1. The van der Waals surface area contributed by atoms with Crippen molar-refractivity contribution in [3.05, 3.63) is 62.6 Å². The van der Waals surface area contributed by atoms with Gasteiger partial charge < -0.3 is 4.90 Å². The summed E-state index contributed by atoms with van der Waals surface area (Å²) in [6, 6.07) is 8.03. The molecule has 128 valence electrons. The molecule has 0 atom stereocenters.